The largest absolute Gasteiger partial charge is 0.452 e. The summed E-state index contributed by atoms with van der Waals surface area (Å²) in [6.45, 7) is -0.584. The molecule has 6 nitrogen and oxygen atoms in total. The fraction of sp³-hybridized carbons (Fsp3) is 0.438. The molecule has 0 unspecified atom stereocenters. The summed E-state index contributed by atoms with van der Waals surface area (Å²) >= 11 is 11.7. The lowest BCUT2D eigenvalue weighted by atomic mass is 9.96. The molecule has 0 heterocycles. The second kappa shape index (κ2) is 8.89. The first-order chi connectivity index (χ1) is 11.5. The van der Waals surface area contributed by atoms with E-state index in [9.17, 15) is 14.4 Å². The first-order valence-corrected chi connectivity index (χ1v) is 8.44. The Labute approximate surface area is 149 Å². The van der Waals surface area contributed by atoms with Crippen LogP contribution in [0.1, 0.15) is 42.5 Å². The maximum absolute atomic E-state index is 11.9. The highest BCUT2D eigenvalue weighted by molar-refractivity contribution is 6.43. The summed E-state index contributed by atoms with van der Waals surface area (Å²) in [5, 5.41) is 5.14. The Morgan fingerprint density at radius 3 is 2.54 bits per heavy atom. The molecule has 1 aromatic carbocycles. The number of ether oxygens (including phenoxy) is 1. The van der Waals surface area contributed by atoms with E-state index in [-0.39, 0.29) is 21.7 Å². The number of amides is 3. The van der Waals surface area contributed by atoms with Gasteiger partial charge in [-0.15, -0.1) is 0 Å². The van der Waals surface area contributed by atoms with E-state index in [2.05, 4.69) is 10.6 Å². The van der Waals surface area contributed by atoms with Crippen molar-refractivity contribution in [1.29, 1.82) is 0 Å². The highest BCUT2D eigenvalue weighted by atomic mass is 35.5. The maximum atomic E-state index is 11.9. The fourth-order valence-electron chi connectivity index (χ4n) is 2.50. The van der Waals surface area contributed by atoms with Crippen LogP contribution in [-0.2, 0) is 9.53 Å². The summed E-state index contributed by atoms with van der Waals surface area (Å²) in [7, 11) is 0. The number of hydrogen-bond donors (Lipinski definition) is 2. The van der Waals surface area contributed by atoms with Gasteiger partial charge in [-0.1, -0.05) is 48.5 Å². The van der Waals surface area contributed by atoms with Crippen molar-refractivity contribution in [3.63, 3.8) is 0 Å². The predicted octanol–water partition coefficient (Wildman–Crippen LogP) is 3.31. The molecule has 8 heteroatoms. The second-order valence-electron chi connectivity index (χ2n) is 5.53. The van der Waals surface area contributed by atoms with Gasteiger partial charge >= 0.3 is 12.0 Å². The molecule has 0 atom stereocenters. The summed E-state index contributed by atoms with van der Waals surface area (Å²) < 4.78 is 4.84. The van der Waals surface area contributed by atoms with Gasteiger partial charge in [-0.25, -0.2) is 9.59 Å². The standard InChI is InChI=1S/C16H18Cl2N2O4/c17-12-8-4-7-11(14(12)18)15(22)24-9-13(21)20-16(23)19-10-5-2-1-3-6-10/h4,7-8,10H,1-3,5-6,9H2,(H2,19,20,21,23). The number of rotatable bonds is 4. The molecule has 2 rings (SSSR count). The number of hydrogen-bond acceptors (Lipinski definition) is 4. The number of esters is 1. The normalized spacial score (nSPS) is 14.8. The number of halogens is 2. The van der Waals surface area contributed by atoms with Gasteiger partial charge in [0, 0.05) is 6.04 Å². The summed E-state index contributed by atoms with van der Waals surface area (Å²) in [5.41, 5.74) is 0.0589. The predicted molar refractivity (Wildman–Crippen MR) is 90.3 cm³/mol. The van der Waals surface area contributed by atoms with Gasteiger partial charge < -0.3 is 10.1 Å². The van der Waals surface area contributed by atoms with Gasteiger partial charge in [0.25, 0.3) is 5.91 Å². The molecule has 24 heavy (non-hydrogen) atoms. The van der Waals surface area contributed by atoms with E-state index in [0.29, 0.717) is 0 Å². The Bertz CT molecular complexity index is 631. The third-order valence-corrected chi connectivity index (χ3v) is 4.52. The molecular weight excluding hydrogens is 355 g/mol. The highest BCUT2D eigenvalue weighted by Gasteiger charge is 2.19. The number of nitrogens with one attached hydrogen (secondary N) is 2. The van der Waals surface area contributed by atoms with Gasteiger partial charge in [0.05, 0.1) is 15.6 Å². The van der Waals surface area contributed by atoms with E-state index >= 15 is 0 Å². The first-order valence-electron chi connectivity index (χ1n) is 7.69. The Morgan fingerprint density at radius 2 is 1.83 bits per heavy atom. The van der Waals surface area contributed by atoms with Crippen LogP contribution in [0, 0.1) is 0 Å². The zero-order chi connectivity index (χ0) is 17.5. The lowest BCUT2D eigenvalue weighted by Gasteiger charge is -2.22. The smallest absolute Gasteiger partial charge is 0.340 e. The molecule has 130 valence electrons. The van der Waals surface area contributed by atoms with Crippen LogP contribution in [0.3, 0.4) is 0 Å². The molecule has 1 aromatic rings. The molecule has 1 aliphatic rings. The summed E-state index contributed by atoms with van der Waals surface area (Å²) in [6, 6.07) is 4.01. The number of benzene rings is 1. The van der Waals surface area contributed by atoms with E-state index in [0.717, 1.165) is 25.7 Å². The fourth-order valence-corrected chi connectivity index (χ4v) is 2.88. The molecule has 1 saturated carbocycles. The van der Waals surface area contributed by atoms with Crippen LogP contribution in [0.15, 0.2) is 18.2 Å². The zero-order valence-electron chi connectivity index (χ0n) is 12.9. The van der Waals surface area contributed by atoms with Crippen molar-refractivity contribution < 1.29 is 19.1 Å². The minimum absolute atomic E-state index is 0.0552. The number of carbonyl (C=O) groups is 3. The number of carbonyl (C=O) groups excluding carboxylic acids is 3. The Balaban J connectivity index is 1.77. The average Bonchev–Trinajstić information content (AvgIpc) is 2.56. The molecule has 2 N–H and O–H groups in total. The maximum Gasteiger partial charge on any atom is 0.340 e. The van der Waals surface area contributed by atoms with Crippen molar-refractivity contribution >= 4 is 41.1 Å². The Morgan fingerprint density at radius 1 is 1.12 bits per heavy atom. The molecule has 0 bridgehead atoms. The second-order valence-corrected chi connectivity index (χ2v) is 6.32. The van der Waals surface area contributed by atoms with E-state index in [4.69, 9.17) is 27.9 Å². The van der Waals surface area contributed by atoms with Crippen molar-refractivity contribution in [2.75, 3.05) is 6.61 Å². The van der Waals surface area contributed by atoms with Crippen LogP contribution < -0.4 is 10.6 Å². The molecule has 0 saturated heterocycles. The molecule has 1 aliphatic carbocycles. The van der Waals surface area contributed by atoms with Gasteiger partial charge in [-0.05, 0) is 25.0 Å². The molecule has 0 aromatic heterocycles. The van der Waals surface area contributed by atoms with E-state index in [1.54, 1.807) is 6.07 Å². The lowest BCUT2D eigenvalue weighted by Crippen LogP contribution is -2.46. The van der Waals surface area contributed by atoms with Crippen molar-refractivity contribution in [2.24, 2.45) is 0 Å². The number of urea groups is 1. The van der Waals surface area contributed by atoms with Crippen LogP contribution in [0.5, 0.6) is 0 Å². The summed E-state index contributed by atoms with van der Waals surface area (Å²) in [4.78, 5) is 35.3. The van der Waals surface area contributed by atoms with E-state index in [1.165, 1.54) is 18.6 Å². The van der Waals surface area contributed by atoms with Crippen molar-refractivity contribution in [3.05, 3.63) is 33.8 Å². The van der Waals surface area contributed by atoms with Gasteiger partial charge in [0.1, 0.15) is 0 Å². The third kappa shape index (κ3) is 5.39. The SMILES string of the molecule is O=C(COC(=O)c1cccc(Cl)c1Cl)NC(=O)NC1CCCCC1. The van der Waals surface area contributed by atoms with E-state index < -0.39 is 24.5 Å². The number of imide groups is 1. The molecule has 0 spiro atoms. The van der Waals surface area contributed by atoms with Gasteiger partial charge in [-0.3, -0.25) is 10.1 Å². The van der Waals surface area contributed by atoms with Crippen molar-refractivity contribution in [2.45, 2.75) is 38.1 Å². The van der Waals surface area contributed by atoms with Crippen LogP contribution >= 0.6 is 23.2 Å². The highest BCUT2D eigenvalue weighted by Crippen LogP contribution is 2.25. The molecule has 0 aliphatic heterocycles. The van der Waals surface area contributed by atoms with E-state index in [1.807, 2.05) is 0 Å². The average molecular weight is 373 g/mol. The third-order valence-electron chi connectivity index (χ3n) is 3.70. The quantitative estimate of drug-likeness (QED) is 0.793. The van der Waals surface area contributed by atoms with Gasteiger partial charge in [-0.2, -0.15) is 0 Å². The Kier molecular flexibility index (Phi) is 6.87. The van der Waals surface area contributed by atoms with Gasteiger partial charge in [0.2, 0.25) is 0 Å². The van der Waals surface area contributed by atoms with Crippen LogP contribution in [0.25, 0.3) is 0 Å². The van der Waals surface area contributed by atoms with Gasteiger partial charge in [0.15, 0.2) is 6.61 Å². The molecule has 1 fully saturated rings. The molecule has 3 amide bonds. The lowest BCUT2D eigenvalue weighted by molar-refractivity contribution is -0.123. The minimum Gasteiger partial charge on any atom is -0.452 e. The van der Waals surface area contributed by atoms with Crippen LogP contribution in [0.4, 0.5) is 4.79 Å². The van der Waals surface area contributed by atoms with Crippen molar-refractivity contribution in [3.8, 4) is 0 Å². The monoisotopic (exact) mass is 372 g/mol. The first kappa shape index (κ1) is 18.5. The summed E-state index contributed by atoms with van der Waals surface area (Å²) in [5.74, 6) is -1.50. The Hall–Kier alpha value is -1.79. The topological polar surface area (TPSA) is 84.5 Å². The zero-order valence-corrected chi connectivity index (χ0v) is 14.5. The molecular formula is C16H18Cl2N2O4. The van der Waals surface area contributed by atoms with Crippen molar-refractivity contribution in [1.82, 2.24) is 10.6 Å². The van der Waals surface area contributed by atoms with Crippen LogP contribution in [0.2, 0.25) is 10.0 Å². The minimum atomic E-state index is -0.787. The summed E-state index contributed by atoms with van der Waals surface area (Å²) in [6.07, 6.45) is 5.11. The molecule has 0 radical (unpaired) electrons. The van der Waals surface area contributed by atoms with Crippen LogP contribution in [-0.4, -0.2) is 30.6 Å².